The molecular formula is C67H83Br4Cl3N8O13. The minimum Gasteiger partial charge on any atom is -0.481 e. The zero-order chi connectivity index (χ0) is 71.0. The SMILES string of the molecule is CC(C)C(O)C(C)C.CC(C)C(OC(=O)OCCl)C(C)C.Cc1cnc2n1-c1cc(Br)c(Br)cc1C(c1ccccn1)=N[C@H]2CCC(=O)O.Cc1cnc2n1-c1cc(Br)c(Br)cc1C(c1ccccn1)=N[C@H]2CCC(=O)OCOC(=O)OC(C(C)C)C(C)C.O=C(Cl)OCCl. The zero-order valence-corrected chi connectivity index (χ0v) is 64.1. The largest absolute Gasteiger partial charge is 0.511 e. The second kappa shape index (κ2) is 40.2. The first-order chi connectivity index (χ1) is 44.8. The van der Waals surface area contributed by atoms with Gasteiger partial charge in [0.2, 0.25) is 6.79 Å². The average Bonchev–Trinajstić information content (AvgIpc) is 1.62. The van der Waals surface area contributed by atoms with Gasteiger partial charge in [-0.3, -0.25) is 38.7 Å². The molecule has 0 bridgehead atoms. The molecule has 6 heterocycles. The monoisotopic (exact) mass is 1630 g/mol. The maximum absolute atomic E-state index is 12.6. The van der Waals surface area contributed by atoms with Crippen LogP contribution in [0, 0.1) is 49.4 Å². The van der Waals surface area contributed by atoms with Crippen LogP contribution in [0.15, 0.2) is 113 Å². The first-order valence-corrected chi connectivity index (χ1v) is 35.2. The van der Waals surface area contributed by atoms with Gasteiger partial charge in [-0.05, 0) is 174 Å². The number of benzene rings is 2. The number of aliphatic hydroxyl groups is 1. The quantitative estimate of drug-likeness (QED) is 0.0236. The lowest BCUT2D eigenvalue weighted by molar-refractivity contribution is -0.154. The van der Waals surface area contributed by atoms with Crippen LogP contribution in [-0.2, 0) is 38.0 Å². The molecule has 28 heteroatoms. The number of aromatic nitrogens is 6. The number of aliphatic carboxylic acids is 1. The maximum Gasteiger partial charge on any atom is 0.511 e. The molecule has 2 atom stereocenters. The summed E-state index contributed by atoms with van der Waals surface area (Å²) in [7, 11) is 0. The number of carboxylic acid groups (broad SMARTS) is 1. The van der Waals surface area contributed by atoms with E-state index in [1.165, 1.54) is 0 Å². The molecule has 0 amide bonds. The lowest BCUT2D eigenvalue weighted by atomic mass is 9.96. The van der Waals surface area contributed by atoms with Crippen molar-refractivity contribution < 1.29 is 62.6 Å². The third kappa shape index (κ3) is 24.9. The Bertz CT molecular complexity index is 3530. The molecule has 2 aliphatic heterocycles. The minimum absolute atomic E-state index is 0.0132. The Morgan fingerprint density at radius 2 is 0.926 bits per heavy atom. The molecule has 8 rings (SSSR count). The number of hydrogen-bond donors (Lipinski definition) is 2. The van der Waals surface area contributed by atoms with Crippen LogP contribution in [0.5, 0.6) is 0 Å². The van der Waals surface area contributed by atoms with Gasteiger partial charge in [0.05, 0.1) is 40.3 Å². The molecule has 2 aliphatic rings. The highest BCUT2D eigenvalue weighted by Gasteiger charge is 2.32. The zero-order valence-electron chi connectivity index (χ0n) is 55.5. The fourth-order valence-electron chi connectivity index (χ4n) is 10.2. The van der Waals surface area contributed by atoms with Gasteiger partial charge in [0.25, 0.3) is 0 Å². The number of hydrogen-bond acceptors (Lipinski definition) is 18. The van der Waals surface area contributed by atoms with E-state index in [1.54, 1.807) is 24.8 Å². The van der Waals surface area contributed by atoms with Gasteiger partial charge in [-0.1, -0.05) is 118 Å². The molecule has 0 fully saturated rings. The Labute approximate surface area is 604 Å². The molecule has 4 aromatic heterocycles. The summed E-state index contributed by atoms with van der Waals surface area (Å²) >= 11 is 29.1. The Balaban J connectivity index is 0.000000299. The maximum atomic E-state index is 12.6. The molecule has 518 valence electrons. The highest BCUT2D eigenvalue weighted by Crippen LogP contribution is 2.39. The third-order valence-corrected chi connectivity index (χ3v) is 18.4. The Hall–Kier alpha value is -5.80. The molecule has 0 unspecified atom stereocenters. The number of carboxylic acids is 1. The number of esters is 1. The van der Waals surface area contributed by atoms with Gasteiger partial charge in [0.15, 0.2) is 12.1 Å². The van der Waals surface area contributed by atoms with E-state index in [0.29, 0.717) is 41.9 Å². The predicted molar refractivity (Wildman–Crippen MR) is 381 cm³/mol. The second-order valence-corrected chi connectivity index (χ2v) is 27.9. The summed E-state index contributed by atoms with van der Waals surface area (Å²) in [6, 6.07) is 18.2. The molecule has 0 saturated heterocycles. The summed E-state index contributed by atoms with van der Waals surface area (Å²) in [5.74, 6) is 1.70. The first kappa shape index (κ1) is 81.6. The number of imidazole rings is 2. The van der Waals surface area contributed by atoms with Crippen LogP contribution >= 0.6 is 98.5 Å². The number of aliphatic hydroxyl groups excluding tert-OH is 1. The Kier molecular flexibility index (Phi) is 34.5. The molecule has 21 nitrogen and oxygen atoms in total. The molecular weight excluding hydrogens is 1550 g/mol. The predicted octanol–water partition coefficient (Wildman–Crippen LogP) is 18.2. The van der Waals surface area contributed by atoms with Crippen molar-refractivity contribution in [2.45, 2.75) is 153 Å². The van der Waals surface area contributed by atoms with E-state index in [9.17, 15) is 34.2 Å². The van der Waals surface area contributed by atoms with E-state index in [1.807, 2.05) is 158 Å². The minimum atomic E-state index is -0.870. The number of rotatable bonds is 20. The van der Waals surface area contributed by atoms with E-state index in [0.717, 1.165) is 69.0 Å². The van der Waals surface area contributed by atoms with E-state index < -0.39 is 42.5 Å². The lowest BCUT2D eigenvalue weighted by Gasteiger charge is -2.24. The second-order valence-electron chi connectivity index (χ2n) is 23.8. The van der Waals surface area contributed by atoms with Crippen molar-refractivity contribution in [3.63, 3.8) is 0 Å². The van der Waals surface area contributed by atoms with Gasteiger partial charge < -0.3 is 38.6 Å². The first-order valence-electron chi connectivity index (χ1n) is 30.6. The molecule has 95 heavy (non-hydrogen) atoms. The standard InChI is InChI=1S/C29H32Br2N4O5.C20H16Br2N4O2.C9H17ClO3.C7H16O.C2H2Cl2O2/c1-16(2)27(17(3)4)40-29(37)39-15-38-25(36)10-9-23-28-33-14-18(5)35(28)24-13-21(31)20(30)12-19(24)26(34-23)22-8-6-7-11-32-22;1-11-10-24-20-16(5-6-18(27)28)25-19(15-4-2-3-7-23-15)12-8-13(21)14(22)9-17(12)26(11)20;1-6(2)8(7(3)4)13-9(11)12-5-10;1-5(2)7(8)6(3)4;3-1-6-2(4)5/h6-8,11-14,16-17,23,27H,9-10,15H2,1-5H3;2-4,7-10,16H,5-6H2,1H3,(H,27,28);6-8H,5H2,1-4H3;5-8H,1-4H3;1H2/t23-;16-;;;/m00.../s1. The van der Waals surface area contributed by atoms with Gasteiger partial charge >= 0.3 is 29.7 Å². The highest BCUT2D eigenvalue weighted by atomic mass is 79.9. The summed E-state index contributed by atoms with van der Waals surface area (Å²) in [6.45, 7) is 27.4. The van der Waals surface area contributed by atoms with Crippen LogP contribution in [0.2, 0.25) is 0 Å². The fraction of sp³-hybridized carbons (Fsp3) is 0.478. The van der Waals surface area contributed by atoms with Crippen molar-refractivity contribution in [2.75, 3.05) is 18.9 Å². The molecule has 2 N–H and O–H groups in total. The van der Waals surface area contributed by atoms with E-state index >= 15 is 0 Å². The summed E-state index contributed by atoms with van der Waals surface area (Å²) in [5, 5.41) is 18.4. The number of halogens is 7. The van der Waals surface area contributed by atoms with Crippen molar-refractivity contribution in [1.82, 2.24) is 29.1 Å². The van der Waals surface area contributed by atoms with Crippen LogP contribution in [-0.4, -0.2) is 118 Å². The lowest BCUT2D eigenvalue weighted by Crippen LogP contribution is -2.29. The number of alkyl halides is 2. The van der Waals surface area contributed by atoms with Crippen molar-refractivity contribution in [3.8, 4) is 11.4 Å². The summed E-state index contributed by atoms with van der Waals surface area (Å²) < 4.78 is 36.7. The molecule has 2 aromatic carbocycles. The summed E-state index contributed by atoms with van der Waals surface area (Å²) in [6.07, 6.45) is 5.70. The van der Waals surface area contributed by atoms with Crippen LogP contribution in [0.4, 0.5) is 14.4 Å². The Morgan fingerprint density at radius 1 is 0.537 bits per heavy atom. The van der Waals surface area contributed by atoms with Crippen LogP contribution in [0.25, 0.3) is 11.4 Å². The van der Waals surface area contributed by atoms with Crippen LogP contribution in [0.1, 0.15) is 166 Å². The van der Waals surface area contributed by atoms with E-state index in [2.05, 4.69) is 114 Å². The van der Waals surface area contributed by atoms with Gasteiger partial charge in [0, 0.05) is 89.6 Å². The molecule has 0 aliphatic carbocycles. The number of carbonyl (C=O) groups is 5. The van der Waals surface area contributed by atoms with Crippen LogP contribution < -0.4 is 0 Å². The van der Waals surface area contributed by atoms with Crippen molar-refractivity contribution in [3.05, 3.63) is 149 Å². The third-order valence-electron chi connectivity index (χ3n) is 14.4. The van der Waals surface area contributed by atoms with Gasteiger partial charge in [0.1, 0.15) is 35.9 Å². The molecule has 0 radical (unpaired) electrons. The van der Waals surface area contributed by atoms with Crippen LogP contribution in [0.3, 0.4) is 0 Å². The summed E-state index contributed by atoms with van der Waals surface area (Å²) in [5.41, 5.74) is 7.53. The number of pyridine rings is 2. The highest BCUT2D eigenvalue weighted by molar-refractivity contribution is 9.13. The van der Waals surface area contributed by atoms with Crippen molar-refractivity contribution in [2.24, 2.45) is 45.5 Å². The van der Waals surface area contributed by atoms with E-state index in [-0.39, 0.29) is 73.0 Å². The van der Waals surface area contributed by atoms with Crippen molar-refractivity contribution in [1.29, 1.82) is 0 Å². The van der Waals surface area contributed by atoms with Gasteiger partial charge in [-0.15, -0.1) is 0 Å². The number of aryl methyl sites for hydroxylation is 2. The number of fused-ring (bicyclic) bond motifs is 6. The fourth-order valence-corrected chi connectivity index (χ4v) is 11.8. The average molecular weight is 1630 g/mol. The molecule has 0 spiro atoms. The number of nitrogens with zero attached hydrogens (tertiary/aromatic N) is 8. The van der Waals surface area contributed by atoms with Crippen molar-refractivity contribution >= 4 is 140 Å². The molecule has 0 saturated carbocycles. The Morgan fingerprint density at radius 3 is 1.25 bits per heavy atom. The van der Waals surface area contributed by atoms with Gasteiger partial charge in [-0.25, -0.2) is 24.4 Å². The van der Waals surface area contributed by atoms with E-state index in [4.69, 9.17) is 52.1 Å². The number of carbonyl (C=O) groups excluding carboxylic acids is 4. The molecule has 6 aromatic rings. The summed E-state index contributed by atoms with van der Waals surface area (Å²) in [4.78, 5) is 84.6. The smallest absolute Gasteiger partial charge is 0.481 e. The number of ether oxygens (including phenoxy) is 6. The van der Waals surface area contributed by atoms with Gasteiger partial charge in [-0.2, -0.15) is 0 Å². The topological polar surface area (TPSA) is 267 Å². The number of aliphatic imine (C=N–C) groups is 2. The normalized spacial score (nSPS) is 13.6.